The number of amides is 1. The van der Waals surface area contributed by atoms with Crippen LogP contribution in [-0.4, -0.2) is 29.1 Å². The highest BCUT2D eigenvalue weighted by atomic mass is 16.4. The molecular weight excluding hydrogens is 268 g/mol. The first-order valence-electron chi connectivity index (χ1n) is 7.33. The van der Waals surface area contributed by atoms with Gasteiger partial charge < -0.3 is 15.7 Å². The zero-order valence-electron chi connectivity index (χ0n) is 12.1. The van der Waals surface area contributed by atoms with Gasteiger partial charge in [0.05, 0.1) is 12.0 Å². The van der Waals surface area contributed by atoms with Crippen molar-refractivity contribution < 1.29 is 14.7 Å². The summed E-state index contributed by atoms with van der Waals surface area (Å²) in [5.41, 5.74) is 7.13. The van der Waals surface area contributed by atoms with E-state index in [1.807, 2.05) is 24.3 Å². The highest BCUT2D eigenvalue weighted by Crippen LogP contribution is 2.43. The molecule has 0 radical (unpaired) electrons. The Kier molecular flexibility index (Phi) is 3.24. The largest absolute Gasteiger partial charge is 0.481 e. The van der Waals surface area contributed by atoms with Crippen molar-refractivity contribution in [3.05, 3.63) is 29.8 Å². The molecule has 1 amide bonds. The number of nitrogens with zero attached hydrogens (tertiary/aromatic N) is 1. The summed E-state index contributed by atoms with van der Waals surface area (Å²) in [7, 11) is 0. The van der Waals surface area contributed by atoms with Crippen molar-refractivity contribution in [1.82, 2.24) is 0 Å². The van der Waals surface area contributed by atoms with Crippen LogP contribution in [0.3, 0.4) is 0 Å². The van der Waals surface area contributed by atoms with Gasteiger partial charge in [0, 0.05) is 18.2 Å². The number of hydrogen-bond acceptors (Lipinski definition) is 3. The summed E-state index contributed by atoms with van der Waals surface area (Å²) in [6.45, 7) is 2.20. The summed E-state index contributed by atoms with van der Waals surface area (Å²) in [5.74, 6) is -0.847. The molecule has 1 aromatic carbocycles. The molecule has 0 aromatic heterocycles. The molecule has 5 nitrogen and oxygen atoms in total. The fraction of sp³-hybridized carbons (Fsp3) is 0.500. The first-order valence-corrected chi connectivity index (χ1v) is 7.33. The second kappa shape index (κ2) is 4.84. The number of carbonyl (C=O) groups excluding carboxylic acids is 1. The third kappa shape index (κ3) is 2.42. The predicted molar refractivity (Wildman–Crippen MR) is 79.1 cm³/mol. The summed E-state index contributed by atoms with van der Waals surface area (Å²) in [6, 6.07) is 7.52. The topological polar surface area (TPSA) is 83.6 Å². The number of carboxylic acids is 1. The van der Waals surface area contributed by atoms with Gasteiger partial charge in [0.15, 0.2) is 0 Å². The fourth-order valence-corrected chi connectivity index (χ4v) is 3.22. The SMILES string of the molecule is CC(N)(C(=O)N1CC(CC(=O)O)c2ccccc21)C1CC1. The number of benzene rings is 1. The lowest BCUT2D eigenvalue weighted by atomic mass is 9.95. The number of carbonyl (C=O) groups is 2. The zero-order chi connectivity index (χ0) is 15.2. The summed E-state index contributed by atoms with van der Waals surface area (Å²) in [5, 5.41) is 9.05. The Morgan fingerprint density at radius 3 is 2.67 bits per heavy atom. The Labute approximate surface area is 123 Å². The van der Waals surface area contributed by atoms with Crippen LogP contribution in [-0.2, 0) is 9.59 Å². The molecule has 2 unspecified atom stereocenters. The maximum atomic E-state index is 12.8. The van der Waals surface area contributed by atoms with Crippen molar-refractivity contribution >= 4 is 17.6 Å². The van der Waals surface area contributed by atoms with Crippen LogP contribution in [0.5, 0.6) is 0 Å². The van der Waals surface area contributed by atoms with Crippen molar-refractivity contribution in [3.8, 4) is 0 Å². The van der Waals surface area contributed by atoms with E-state index in [9.17, 15) is 9.59 Å². The average Bonchev–Trinajstić information content (AvgIpc) is 3.23. The molecular formula is C16H20N2O3. The number of nitrogens with two attached hydrogens (primary N) is 1. The van der Waals surface area contributed by atoms with Crippen LogP contribution >= 0.6 is 0 Å². The number of anilines is 1. The van der Waals surface area contributed by atoms with E-state index in [0.717, 1.165) is 24.1 Å². The maximum Gasteiger partial charge on any atom is 0.304 e. The van der Waals surface area contributed by atoms with Gasteiger partial charge in [-0.1, -0.05) is 18.2 Å². The van der Waals surface area contributed by atoms with Crippen LogP contribution in [0.15, 0.2) is 24.3 Å². The molecule has 1 aliphatic carbocycles. The molecule has 1 fully saturated rings. The summed E-state index contributed by atoms with van der Waals surface area (Å²) in [4.78, 5) is 25.5. The third-order valence-corrected chi connectivity index (χ3v) is 4.62. The van der Waals surface area contributed by atoms with E-state index in [4.69, 9.17) is 10.8 Å². The molecule has 112 valence electrons. The minimum Gasteiger partial charge on any atom is -0.481 e. The second-order valence-electron chi connectivity index (χ2n) is 6.33. The number of fused-ring (bicyclic) bond motifs is 1. The monoisotopic (exact) mass is 288 g/mol. The average molecular weight is 288 g/mol. The molecule has 2 atom stereocenters. The third-order valence-electron chi connectivity index (χ3n) is 4.62. The molecule has 21 heavy (non-hydrogen) atoms. The van der Waals surface area contributed by atoms with Crippen LogP contribution in [0.1, 0.15) is 37.7 Å². The smallest absolute Gasteiger partial charge is 0.304 e. The van der Waals surface area contributed by atoms with Crippen LogP contribution < -0.4 is 10.6 Å². The molecule has 1 heterocycles. The van der Waals surface area contributed by atoms with Crippen LogP contribution in [0.4, 0.5) is 5.69 Å². The molecule has 1 aliphatic heterocycles. The Morgan fingerprint density at radius 1 is 1.38 bits per heavy atom. The summed E-state index contributed by atoms with van der Waals surface area (Å²) >= 11 is 0. The number of para-hydroxylation sites is 1. The van der Waals surface area contributed by atoms with E-state index in [2.05, 4.69) is 0 Å². The van der Waals surface area contributed by atoms with Gasteiger partial charge in [-0.05, 0) is 37.3 Å². The lowest BCUT2D eigenvalue weighted by Gasteiger charge is -2.29. The Balaban J connectivity index is 1.90. The number of carboxylic acid groups (broad SMARTS) is 1. The van der Waals surface area contributed by atoms with E-state index < -0.39 is 11.5 Å². The summed E-state index contributed by atoms with van der Waals surface area (Å²) < 4.78 is 0. The Morgan fingerprint density at radius 2 is 2.05 bits per heavy atom. The van der Waals surface area contributed by atoms with Crippen LogP contribution in [0, 0.1) is 5.92 Å². The highest BCUT2D eigenvalue weighted by molar-refractivity contribution is 6.02. The number of hydrogen-bond donors (Lipinski definition) is 2. The van der Waals surface area contributed by atoms with Crippen molar-refractivity contribution in [2.45, 2.75) is 37.6 Å². The van der Waals surface area contributed by atoms with E-state index >= 15 is 0 Å². The van der Waals surface area contributed by atoms with Gasteiger partial charge in [-0.3, -0.25) is 9.59 Å². The van der Waals surface area contributed by atoms with E-state index in [1.54, 1.807) is 11.8 Å². The van der Waals surface area contributed by atoms with Gasteiger partial charge in [-0.25, -0.2) is 0 Å². The minimum absolute atomic E-state index is 0.0332. The number of aliphatic carboxylic acids is 1. The molecule has 1 saturated carbocycles. The molecule has 3 N–H and O–H groups in total. The van der Waals surface area contributed by atoms with Crippen LogP contribution in [0.25, 0.3) is 0 Å². The molecule has 3 rings (SSSR count). The van der Waals surface area contributed by atoms with Crippen molar-refractivity contribution in [2.24, 2.45) is 11.7 Å². The van der Waals surface area contributed by atoms with Gasteiger partial charge in [0.25, 0.3) is 0 Å². The van der Waals surface area contributed by atoms with Gasteiger partial charge in [-0.2, -0.15) is 0 Å². The van der Waals surface area contributed by atoms with Gasteiger partial charge in [0.2, 0.25) is 5.91 Å². The zero-order valence-corrected chi connectivity index (χ0v) is 12.1. The second-order valence-corrected chi connectivity index (χ2v) is 6.33. The molecule has 5 heteroatoms. The normalized spacial score (nSPS) is 23.5. The van der Waals surface area contributed by atoms with Crippen molar-refractivity contribution in [1.29, 1.82) is 0 Å². The van der Waals surface area contributed by atoms with Crippen molar-refractivity contribution in [2.75, 3.05) is 11.4 Å². The molecule has 2 aliphatic rings. The van der Waals surface area contributed by atoms with Gasteiger partial charge in [0.1, 0.15) is 0 Å². The van der Waals surface area contributed by atoms with Gasteiger partial charge in [-0.15, -0.1) is 0 Å². The maximum absolute atomic E-state index is 12.8. The molecule has 0 saturated heterocycles. The van der Waals surface area contributed by atoms with Crippen molar-refractivity contribution in [3.63, 3.8) is 0 Å². The Hall–Kier alpha value is -1.88. The fourth-order valence-electron chi connectivity index (χ4n) is 3.22. The highest BCUT2D eigenvalue weighted by Gasteiger charge is 2.48. The summed E-state index contributed by atoms with van der Waals surface area (Å²) in [6.07, 6.45) is 2.02. The quantitative estimate of drug-likeness (QED) is 0.883. The minimum atomic E-state index is -0.856. The molecule has 0 spiro atoms. The van der Waals surface area contributed by atoms with Crippen LogP contribution in [0.2, 0.25) is 0 Å². The predicted octanol–water partition coefficient (Wildman–Crippen LogP) is 1.72. The van der Waals surface area contributed by atoms with E-state index in [-0.39, 0.29) is 24.2 Å². The lowest BCUT2D eigenvalue weighted by Crippen LogP contribution is -2.54. The number of rotatable bonds is 4. The Bertz CT molecular complexity index is 593. The molecule has 1 aromatic rings. The first kappa shape index (κ1) is 14.1. The lowest BCUT2D eigenvalue weighted by molar-refractivity contribution is -0.137. The van der Waals surface area contributed by atoms with E-state index in [1.165, 1.54) is 0 Å². The first-order chi connectivity index (χ1) is 9.91. The van der Waals surface area contributed by atoms with Gasteiger partial charge >= 0.3 is 5.97 Å². The van der Waals surface area contributed by atoms with E-state index in [0.29, 0.717) is 6.54 Å². The standard InChI is InChI=1S/C16H20N2O3/c1-16(17,11-6-7-11)15(21)18-9-10(8-14(19)20)12-4-2-3-5-13(12)18/h2-5,10-11H,6-9,17H2,1H3,(H,19,20). The molecule has 0 bridgehead atoms.